The highest BCUT2D eigenvalue weighted by Crippen LogP contribution is 2.20. The molecule has 0 unspecified atom stereocenters. The van der Waals surface area contributed by atoms with Crippen LogP contribution in [0.2, 0.25) is 0 Å². The average Bonchev–Trinajstić information content (AvgIpc) is 2.38. The first-order chi connectivity index (χ1) is 8.69. The van der Waals surface area contributed by atoms with Crippen molar-refractivity contribution in [2.45, 2.75) is 13.5 Å². The Morgan fingerprint density at radius 2 is 2.00 bits per heavy atom. The van der Waals surface area contributed by atoms with E-state index in [0.29, 0.717) is 31.4 Å². The monoisotopic (exact) mass is 269 g/mol. The van der Waals surface area contributed by atoms with E-state index in [1.807, 2.05) is 25.1 Å². The third kappa shape index (κ3) is 4.60. The Hall–Kier alpha value is -1.17. The van der Waals surface area contributed by atoms with Crippen LogP contribution in [-0.4, -0.2) is 31.9 Å². The van der Waals surface area contributed by atoms with E-state index in [4.69, 9.17) is 32.2 Å². The number of benzene rings is 1. The summed E-state index contributed by atoms with van der Waals surface area (Å²) in [5.41, 5.74) is 7.34. The molecule has 1 aromatic rings. The summed E-state index contributed by atoms with van der Waals surface area (Å²) >= 11 is 4.95. The van der Waals surface area contributed by atoms with E-state index in [1.165, 1.54) is 0 Å². The first-order valence-electron chi connectivity index (χ1n) is 5.81. The molecule has 2 N–H and O–H groups in total. The van der Waals surface area contributed by atoms with E-state index >= 15 is 0 Å². The fraction of sp³-hybridized carbons (Fsp3) is 0.462. The molecule has 0 aromatic heterocycles. The van der Waals surface area contributed by atoms with Gasteiger partial charge in [-0.05, 0) is 25.1 Å². The van der Waals surface area contributed by atoms with E-state index in [2.05, 4.69) is 0 Å². The molecule has 0 aliphatic carbocycles. The predicted molar refractivity (Wildman–Crippen MR) is 75.0 cm³/mol. The zero-order valence-corrected chi connectivity index (χ0v) is 11.6. The van der Waals surface area contributed by atoms with Crippen molar-refractivity contribution in [1.29, 1.82) is 0 Å². The van der Waals surface area contributed by atoms with Crippen molar-refractivity contribution in [3.8, 4) is 5.75 Å². The minimum absolute atomic E-state index is 0.369. The number of hydrogen-bond donors (Lipinski definition) is 1. The van der Waals surface area contributed by atoms with Crippen molar-refractivity contribution in [2.75, 3.05) is 26.9 Å². The Kier molecular flexibility index (Phi) is 6.64. The molecule has 18 heavy (non-hydrogen) atoms. The van der Waals surface area contributed by atoms with Gasteiger partial charge in [0.05, 0.1) is 26.9 Å². The van der Waals surface area contributed by atoms with Crippen LogP contribution in [0.1, 0.15) is 18.1 Å². The van der Waals surface area contributed by atoms with Gasteiger partial charge in [0, 0.05) is 17.7 Å². The van der Waals surface area contributed by atoms with Crippen molar-refractivity contribution < 1.29 is 14.2 Å². The Bertz CT molecular complexity index is 396. The second kappa shape index (κ2) is 8.02. The van der Waals surface area contributed by atoms with Crippen LogP contribution in [-0.2, 0) is 16.1 Å². The molecule has 4 nitrogen and oxygen atoms in total. The Balaban J connectivity index is 2.61. The highest BCUT2D eigenvalue weighted by Gasteiger charge is 2.06. The van der Waals surface area contributed by atoms with Gasteiger partial charge in [0.15, 0.2) is 0 Å². The van der Waals surface area contributed by atoms with Crippen LogP contribution in [0.5, 0.6) is 5.75 Å². The third-order valence-corrected chi connectivity index (χ3v) is 2.63. The summed E-state index contributed by atoms with van der Waals surface area (Å²) in [5, 5.41) is 0. The molecule has 100 valence electrons. The summed E-state index contributed by atoms with van der Waals surface area (Å²) in [6, 6.07) is 5.57. The third-order valence-electron chi connectivity index (χ3n) is 2.40. The Morgan fingerprint density at radius 1 is 1.28 bits per heavy atom. The van der Waals surface area contributed by atoms with Gasteiger partial charge < -0.3 is 19.9 Å². The van der Waals surface area contributed by atoms with Crippen LogP contribution < -0.4 is 10.5 Å². The Morgan fingerprint density at radius 3 is 2.61 bits per heavy atom. The minimum atomic E-state index is 0.369. The van der Waals surface area contributed by atoms with Gasteiger partial charge in [0.1, 0.15) is 10.7 Å². The van der Waals surface area contributed by atoms with Crippen LogP contribution >= 0.6 is 12.2 Å². The van der Waals surface area contributed by atoms with Gasteiger partial charge in [-0.15, -0.1) is 0 Å². The van der Waals surface area contributed by atoms with Crippen LogP contribution in [0.4, 0.5) is 0 Å². The van der Waals surface area contributed by atoms with E-state index < -0.39 is 0 Å². The summed E-state index contributed by atoms with van der Waals surface area (Å²) in [6.45, 7) is 4.24. The quantitative estimate of drug-likeness (QED) is 0.577. The van der Waals surface area contributed by atoms with Crippen LogP contribution in [0, 0.1) is 0 Å². The fourth-order valence-electron chi connectivity index (χ4n) is 1.49. The summed E-state index contributed by atoms with van der Waals surface area (Å²) in [7, 11) is 1.62. The van der Waals surface area contributed by atoms with Crippen molar-refractivity contribution in [3.05, 3.63) is 29.3 Å². The molecular weight excluding hydrogens is 250 g/mol. The molecule has 0 amide bonds. The molecule has 0 aliphatic rings. The number of rotatable bonds is 8. The molecule has 0 fully saturated rings. The van der Waals surface area contributed by atoms with Crippen molar-refractivity contribution in [1.82, 2.24) is 0 Å². The second-order valence-corrected chi connectivity index (χ2v) is 4.08. The molecule has 0 saturated carbocycles. The molecule has 0 aliphatic heterocycles. The zero-order valence-electron chi connectivity index (χ0n) is 10.8. The molecule has 0 spiro atoms. The topological polar surface area (TPSA) is 53.7 Å². The largest absolute Gasteiger partial charge is 0.496 e. The van der Waals surface area contributed by atoms with Crippen LogP contribution in [0.3, 0.4) is 0 Å². The normalized spacial score (nSPS) is 10.3. The highest BCUT2D eigenvalue weighted by molar-refractivity contribution is 7.80. The lowest BCUT2D eigenvalue weighted by Crippen LogP contribution is -2.10. The van der Waals surface area contributed by atoms with Gasteiger partial charge in [-0.25, -0.2) is 0 Å². The van der Waals surface area contributed by atoms with E-state index in [0.717, 1.165) is 16.9 Å². The van der Waals surface area contributed by atoms with Gasteiger partial charge >= 0.3 is 0 Å². The van der Waals surface area contributed by atoms with E-state index in [9.17, 15) is 0 Å². The molecule has 0 radical (unpaired) electrons. The number of nitrogens with two attached hydrogens (primary N) is 1. The molecule has 0 bridgehead atoms. The summed E-state index contributed by atoms with van der Waals surface area (Å²) < 4.78 is 16.0. The number of ether oxygens (including phenoxy) is 3. The lowest BCUT2D eigenvalue weighted by molar-refractivity contribution is 0.0446. The zero-order chi connectivity index (χ0) is 13.4. The maximum atomic E-state index is 5.60. The van der Waals surface area contributed by atoms with Gasteiger partial charge in [0.2, 0.25) is 0 Å². The fourth-order valence-corrected chi connectivity index (χ4v) is 1.62. The predicted octanol–water partition coefficient (Wildman–Crippen LogP) is 1.88. The average molecular weight is 269 g/mol. The molecular formula is C13H19NO3S. The Labute approximate surface area is 113 Å². The molecule has 0 atom stereocenters. The lowest BCUT2D eigenvalue weighted by atomic mass is 10.1. The maximum Gasteiger partial charge on any atom is 0.124 e. The second-order valence-electron chi connectivity index (χ2n) is 3.64. The first-order valence-corrected chi connectivity index (χ1v) is 6.22. The van der Waals surface area contributed by atoms with Gasteiger partial charge in [-0.1, -0.05) is 12.2 Å². The lowest BCUT2D eigenvalue weighted by Gasteiger charge is -2.11. The summed E-state index contributed by atoms with van der Waals surface area (Å²) in [6.07, 6.45) is 0. The van der Waals surface area contributed by atoms with E-state index in [-0.39, 0.29) is 0 Å². The highest BCUT2D eigenvalue weighted by atomic mass is 32.1. The standard InChI is InChI=1S/C13H19NO3S/c1-3-16-6-7-17-9-11-8-10(13(14)18)4-5-12(11)15-2/h4-5,8H,3,6-7,9H2,1-2H3,(H2,14,18). The van der Waals surface area contributed by atoms with Crippen molar-refractivity contribution in [2.24, 2.45) is 5.73 Å². The van der Waals surface area contributed by atoms with Crippen LogP contribution in [0.15, 0.2) is 18.2 Å². The molecule has 1 rings (SSSR count). The van der Waals surface area contributed by atoms with Gasteiger partial charge in [-0.2, -0.15) is 0 Å². The van der Waals surface area contributed by atoms with Crippen LogP contribution in [0.25, 0.3) is 0 Å². The molecule has 5 heteroatoms. The summed E-state index contributed by atoms with van der Waals surface area (Å²) in [5.74, 6) is 0.770. The number of methoxy groups -OCH3 is 1. The van der Waals surface area contributed by atoms with Gasteiger partial charge in [0.25, 0.3) is 0 Å². The first kappa shape index (κ1) is 14.9. The summed E-state index contributed by atoms with van der Waals surface area (Å²) in [4.78, 5) is 0.369. The molecule has 0 saturated heterocycles. The maximum absolute atomic E-state index is 5.60. The van der Waals surface area contributed by atoms with E-state index in [1.54, 1.807) is 7.11 Å². The number of thiocarbonyl (C=S) groups is 1. The minimum Gasteiger partial charge on any atom is -0.496 e. The van der Waals surface area contributed by atoms with Crippen molar-refractivity contribution >= 4 is 17.2 Å². The molecule has 1 aromatic carbocycles. The number of hydrogen-bond acceptors (Lipinski definition) is 4. The molecule has 0 heterocycles. The van der Waals surface area contributed by atoms with Gasteiger partial charge in [-0.3, -0.25) is 0 Å². The smallest absolute Gasteiger partial charge is 0.124 e. The SMILES string of the molecule is CCOCCOCc1cc(C(N)=S)ccc1OC. The van der Waals surface area contributed by atoms with Crippen molar-refractivity contribution in [3.63, 3.8) is 0 Å².